The highest BCUT2D eigenvalue weighted by Crippen LogP contribution is 2.33. The van der Waals surface area contributed by atoms with Gasteiger partial charge < -0.3 is 4.90 Å². The lowest BCUT2D eigenvalue weighted by atomic mass is 9.80. The highest BCUT2D eigenvalue weighted by atomic mass is 16.2. The summed E-state index contributed by atoms with van der Waals surface area (Å²) in [5.74, 6) is 0.691. The van der Waals surface area contributed by atoms with Crippen molar-refractivity contribution in [3.8, 4) is 0 Å². The largest absolute Gasteiger partial charge is 0.345 e. The summed E-state index contributed by atoms with van der Waals surface area (Å²) in [4.78, 5) is 13.5. The van der Waals surface area contributed by atoms with E-state index in [0.717, 1.165) is 13.0 Å². The Labute approximate surface area is 81.3 Å². The molecule has 0 unspecified atom stereocenters. The molecule has 1 fully saturated rings. The number of carbonyl (C=O) groups is 1. The summed E-state index contributed by atoms with van der Waals surface area (Å²) < 4.78 is 0. The van der Waals surface area contributed by atoms with Crippen molar-refractivity contribution in [3.05, 3.63) is 6.92 Å². The second-order valence-electron chi connectivity index (χ2n) is 5.35. The second-order valence-corrected chi connectivity index (χ2v) is 5.35. The van der Waals surface area contributed by atoms with Crippen molar-refractivity contribution < 1.29 is 4.79 Å². The van der Waals surface area contributed by atoms with Crippen LogP contribution >= 0.6 is 0 Å². The van der Waals surface area contributed by atoms with E-state index >= 15 is 0 Å². The van der Waals surface area contributed by atoms with E-state index in [9.17, 15) is 4.79 Å². The molecular weight excluding hydrogens is 162 g/mol. The first-order valence-electron chi connectivity index (χ1n) is 4.89. The lowest BCUT2D eigenvalue weighted by Crippen LogP contribution is -2.25. The second kappa shape index (κ2) is 3.32. The third-order valence-electron chi connectivity index (χ3n) is 2.60. The summed E-state index contributed by atoms with van der Waals surface area (Å²) >= 11 is 0. The maximum Gasteiger partial charge on any atom is 0.225 e. The Bertz CT molecular complexity index is 205. The van der Waals surface area contributed by atoms with Gasteiger partial charge in [0.1, 0.15) is 0 Å². The van der Waals surface area contributed by atoms with Gasteiger partial charge in [-0.25, -0.2) is 0 Å². The monoisotopic (exact) mass is 182 g/mol. The standard InChI is InChI=1S/C11H20NO/c1-8-7-12(5)10(13)9(8)6-11(2,3)4/h8-9H,1,6-7H2,2-5H3/t8-,9+/m1/s1. The molecule has 1 heterocycles. The molecule has 1 aliphatic rings. The maximum atomic E-state index is 11.7. The molecule has 0 aromatic carbocycles. The number of nitrogens with zero attached hydrogens (tertiary/aromatic N) is 1. The molecule has 0 aromatic heterocycles. The zero-order chi connectivity index (χ0) is 10.2. The van der Waals surface area contributed by atoms with Gasteiger partial charge >= 0.3 is 0 Å². The van der Waals surface area contributed by atoms with Crippen molar-refractivity contribution >= 4 is 5.91 Å². The SMILES string of the molecule is [CH2][C@@H]1CN(C)C(=O)[C@H]1CC(C)(C)C. The van der Waals surface area contributed by atoms with Crippen LogP contribution in [0.4, 0.5) is 0 Å². The molecule has 0 N–H and O–H groups in total. The number of amides is 1. The van der Waals surface area contributed by atoms with Crippen LogP contribution in [0.3, 0.4) is 0 Å². The number of hydrogen-bond acceptors (Lipinski definition) is 1. The van der Waals surface area contributed by atoms with Crippen LogP contribution in [0.25, 0.3) is 0 Å². The molecule has 0 aliphatic carbocycles. The van der Waals surface area contributed by atoms with Crippen molar-refractivity contribution in [2.75, 3.05) is 13.6 Å². The molecule has 0 aromatic rings. The molecule has 1 rings (SSSR count). The number of rotatable bonds is 1. The average Bonchev–Trinajstić information content (AvgIpc) is 2.14. The molecule has 1 radical (unpaired) electrons. The lowest BCUT2D eigenvalue weighted by Gasteiger charge is -2.23. The van der Waals surface area contributed by atoms with Gasteiger partial charge in [0.05, 0.1) is 0 Å². The molecular formula is C11H20NO. The maximum absolute atomic E-state index is 11.7. The Morgan fingerprint density at radius 2 is 2.08 bits per heavy atom. The minimum Gasteiger partial charge on any atom is -0.345 e. The lowest BCUT2D eigenvalue weighted by molar-refractivity contribution is -0.130. The highest BCUT2D eigenvalue weighted by Gasteiger charge is 2.37. The summed E-state index contributed by atoms with van der Waals surface area (Å²) in [6.45, 7) is 11.4. The topological polar surface area (TPSA) is 20.3 Å². The van der Waals surface area contributed by atoms with Gasteiger partial charge in [-0.05, 0) is 24.7 Å². The molecule has 0 bridgehead atoms. The molecule has 0 saturated carbocycles. The van der Waals surface area contributed by atoms with Crippen LogP contribution in [0.2, 0.25) is 0 Å². The molecule has 75 valence electrons. The fraction of sp³-hybridized carbons (Fsp3) is 0.818. The molecule has 1 saturated heterocycles. The molecule has 1 aliphatic heterocycles. The molecule has 13 heavy (non-hydrogen) atoms. The minimum atomic E-state index is 0.144. The van der Waals surface area contributed by atoms with Gasteiger partial charge in [0.25, 0.3) is 0 Å². The highest BCUT2D eigenvalue weighted by molar-refractivity contribution is 5.81. The predicted octanol–water partition coefficient (Wildman–Crippen LogP) is 1.96. The van der Waals surface area contributed by atoms with Gasteiger partial charge in [-0.15, -0.1) is 0 Å². The third-order valence-corrected chi connectivity index (χ3v) is 2.60. The van der Waals surface area contributed by atoms with Crippen LogP contribution in [0.1, 0.15) is 27.2 Å². The van der Waals surface area contributed by atoms with Crippen LogP contribution in [0.15, 0.2) is 0 Å². The number of carbonyl (C=O) groups excluding carboxylic acids is 1. The van der Waals surface area contributed by atoms with E-state index in [1.165, 1.54) is 0 Å². The van der Waals surface area contributed by atoms with Gasteiger partial charge in [-0.3, -0.25) is 4.79 Å². The molecule has 0 spiro atoms. The summed E-state index contributed by atoms with van der Waals surface area (Å²) in [6.07, 6.45) is 0.949. The van der Waals surface area contributed by atoms with E-state index in [0.29, 0.717) is 0 Å². The smallest absolute Gasteiger partial charge is 0.225 e. The van der Waals surface area contributed by atoms with Crippen LogP contribution in [-0.4, -0.2) is 24.4 Å². The Morgan fingerprint density at radius 1 is 1.54 bits per heavy atom. The Balaban J connectivity index is 2.64. The zero-order valence-corrected chi connectivity index (χ0v) is 9.13. The van der Waals surface area contributed by atoms with Crippen LogP contribution in [-0.2, 0) is 4.79 Å². The van der Waals surface area contributed by atoms with Crippen molar-refractivity contribution in [2.24, 2.45) is 17.3 Å². The van der Waals surface area contributed by atoms with Gasteiger partial charge in [0, 0.05) is 19.5 Å². The van der Waals surface area contributed by atoms with Gasteiger partial charge in [0.2, 0.25) is 5.91 Å². The number of likely N-dealkylation sites (tertiary alicyclic amines) is 1. The van der Waals surface area contributed by atoms with E-state index in [-0.39, 0.29) is 23.2 Å². The predicted molar refractivity (Wildman–Crippen MR) is 54.0 cm³/mol. The minimum absolute atomic E-state index is 0.144. The first kappa shape index (κ1) is 10.6. The number of hydrogen-bond donors (Lipinski definition) is 0. The van der Waals surface area contributed by atoms with Gasteiger partial charge in [-0.1, -0.05) is 20.8 Å². The zero-order valence-electron chi connectivity index (χ0n) is 9.13. The first-order valence-corrected chi connectivity index (χ1v) is 4.89. The van der Waals surface area contributed by atoms with Crippen LogP contribution in [0, 0.1) is 24.2 Å². The van der Waals surface area contributed by atoms with Crippen molar-refractivity contribution in [3.63, 3.8) is 0 Å². The molecule has 1 amide bonds. The summed E-state index contributed by atoms with van der Waals surface area (Å²) in [7, 11) is 1.86. The fourth-order valence-corrected chi connectivity index (χ4v) is 1.97. The van der Waals surface area contributed by atoms with E-state index in [1.54, 1.807) is 4.90 Å². The Kier molecular flexibility index (Phi) is 2.69. The van der Waals surface area contributed by atoms with E-state index < -0.39 is 0 Å². The van der Waals surface area contributed by atoms with Gasteiger partial charge in [0.15, 0.2) is 0 Å². The summed E-state index contributed by atoms with van der Waals surface area (Å²) in [6, 6.07) is 0. The molecule has 2 heteroatoms. The first-order chi connectivity index (χ1) is 5.81. The van der Waals surface area contributed by atoms with E-state index in [2.05, 4.69) is 27.7 Å². The normalized spacial score (nSPS) is 29.9. The van der Waals surface area contributed by atoms with Crippen molar-refractivity contribution in [2.45, 2.75) is 27.2 Å². The van der Waals surface area contributed by atoms with E-state index in [4.69, 9.17) is 0 Å². The molecule has 2 atom stereocenters. The summed E-state index contributed by atoms with van der Waals surface area (Å²) in [5.41, 5.74) is 0.224. The summed E-state index contributed by atoms with van der Waals surface area (Å²) in [5, 5.41) is 0. The van der Waals surface area contributed by atoms with Crippen LogP contribution < -0.4 is 0 Å². The quantitative estimate of drug-likeness (QED) is 0.607. The Morgan fingerprint density at radius 3 is 2.38 bits per heavy atom. The van der Waals surface area contributed by atoms with Gasteiger partial charge in [-0.2, -0.15) is 0 Å². The third kappa shape index (κ3) is 2.45. The average molecular weight is 182 g/mol. The van der Waals surface area contributed by atoms with Crippen molar-refractivity contribution in [1.82, 2.24) is 4.90 Å². The van der Waals surface area contributed by atoms with Crippen LogP contribution in [0.5, 0.6) is 0 Å². The van der Waals surface area contributed by atoms with E-state index in [1.807, 2.05) is 7.05 Å². The molecule has 2 nitrogen and oxygen atoms in total. The van der Waals surface area contributed by atoms with Crippen molar-refractivity contribution in [1.29, 1.82) is 0 Å². The fourth-order valence-electron chi connectivity index (χ4n) is 1.97. The Hall–Kier alpha value is -0.530.